The van der Waals surface area contributed by atoms with E-state index in [1.165, 1.54) is 36.3 Å². The Labute approximate surface area is 138 Å². The summed E-state index contributed by atoms with van der Waals surface area (Å²) in [5.41, 5.74) is 0. The molecule has 0 unspecified atom stereocenters. The molecule has 4 heteroatoms. The van der Waals surface area contributed by atoms with Crippen molar-refractivity contribution in [3.8, 4) is 0 Å². The van der Waals surface area contributed by atoms with Crippen LogP contribution in [0.25, 0.3) is 0 Å². The van der Waals surface area contributed by atoms with Gasteiger partial charge in [-0.2, -0.15) is 7.20 Å². The molecule has 0 spiro atoms. The fourth-order valence-corrected chi connectivity index (χ4v) is 34.8. The molecule has 118 valence electrons. The highest BCUT2D eigenvalue weighted by atomic mass is 127. The van der Waals surface area contributed by atoms with Gasteiger partial charge in [0.25, 0.3) is 0 Å². The second-order valence-electron chi connectivity index (χ2n) is 6.56. The Kier molecular flexibility index (Phi) is 9.54. The van der Waals surface area contributed by atoms with Crippen LogP contribution in [0.2, 0.25) is 36.3 Å². The van der Waals surface area contributed by atoms with E-state index in [0.717, 1.165) is 0 Å². The van der Waals surface area contributed by atoms with Crippen molar-refractivity contribution in [2.75, 3.05) is 17.0 Å². The lowest BCUT2D eigenvalue weighted by Gasteiger charge is -2.44. The molecule has 0 saturated carbocycles. The van der Waals surface area contributed by atoms with Gasteiger partial charge in [-0.05, 0) is 38.2 Å². The van der Waals surface area contributed by atoms with Crippen molar-refractivity contribution in [1.82, 2.24) is 0 Å². The Bertz CT molecular complexity index is 208. The summed E-state index contributed by atoms with van der Waals surface area (Å²) in [4.78, 5) is 0. The number of hydrogen-bond donors (Lipinski definition) is 0. The lowest BCUT2D eigenvalue weighted by atomic mass is 10.9. The molecule has 0 heterocycles. The Balaban J connectivity index is 4.96. The normalized spacial score (nSPS) is 14.7. The first-order chi connectivity index (χ1) is 8.78. The second-order valence-corrected chi connectivity index (χ2v) is 27.8. The van der Waals surface area contributed by atoms with Crippen LogP contribution in [0, 0.1) is 0 Å². The van der Waals surface area contributed by atoms with E-state index in [-0.39, 0.29) is 7.20 Å². The zero-order chi connectivity index (χ0) is 15.2. The summed E-state index contributed by atoms with van der Waals surface area (Å²) >= 11 is 2.92. The summed E-state index contributed by atoms with van der Waals surface area (Å²) in [7, 11) is -2.25. The molecule has 0 aliphatic heterocycles. The molecule has 0 radical (unpaired) electrons. The SMILES string of the molecule is CC[Si](CC)(CC)CS(C)(I)C[Si](CC)(CC)CC. The minimum Gasteiger partial charge on any atom is -0.195 e. The third-order valence-corrected chi connectivity index (χ3v) is 30.0. The minimum atomic E-state index is -0.939. The number of halogens is 1. The first-order valence-corrected chi connectivity index (χ1v) is 18.8. The second kappa shape index (κ2) is 8.84. The molecule has 0 aromatic carbocycles. The van der Waals surface area contributed by atoms with Gasteiger partial charge in [0.05, 0.1) is 16.1 Å². The Hall–Kier alpha value is 1.51. The van der Waals surface area contributed by atoms with Gasteiger partial charge in [-0.3, -0.25) is 0 Å². The monoisotopic (exact) mass is 432 g/mol. The standard InChI is InChI=1S/C15H37ISSi2/c1-8-18(9-2,10-3)14-17(7,16)15-19(11-4,12-5)13-6/h8-15H2,1-7H3. The van der Waals surface area contributed by atoms with Crippen molar-refractivity contribution < 1.29 is 0 Å². The largest absolute Gasteiger partial charge is 0.195 e. The maximum atomic E-state index is 2.92. The van der Waals surface area contributed by atoms with E-state index in [2.05, 4.69) is 69.0 Å². The molecule has 0 aromatic rings. The molecule has 0 aliphatic rings. The van der Waals surface area contributed by atoms with Gasteiger partial charge in [-0.25, -0.2) is 0 Å². The molecule has 0 N–H and O–H groups in total. The molecule has 0 amide bonds. The average Bonchev–Trinajstić information content (AvgIpc) is 2.42. The summed E-state index contributed by atoms with van der Waals surface area (Å²) in [6, 6.07) is 9.03. The van der Waals surface area contributed by atoms with Crippen LogP contribution < -0.4 is 0 Å². The van der Waals surface area contributed by atoms with Gasteiger partial charge in [-0.15, -0.1) is 0 Å². The summed E-state index contributed by atoms with van der Waals surface area (Å²) in [5.74, 6) is 0. The van der Waals surface area contributed by atoms with Gasteiger partial charge < -0.3 is 0 Å². The average molecular weight is 433 g/mol. The molecule has 0 rings (SSSR count). The van der Waals surface area contributed by atoms with Crippen LogP contribution in [0.5, 0.6) is 0 Å². The van der Waals surface area contributed by atoms with Gasteiger partial charge in [-0.1, -0.05) is 77.8 Å². The van der Waals surface area contributed by atoms with Gasteiger partial charge >= 0.3 is 0 Å². The quantitative estimate of drug-likeness (QED) is 0.261. The van der Waals surface area contributed by atoms with E-state index >= 15 is 0 Å². The minimum absolute atomic E-state index is 0.376. The zero-order valence-electron chi connectivity index (χ0n) is 14.4. The predicted molar refractivity (Wildman–Crippen MR) is 112 cm³/mol. The topological polar surface area (TPSA) is 0 Å². The summed E-state index contributed by atoms with van der Waals surface area (Å²) in [6.45, 7) is 14.8. The highest BCUT2D eigenvalue weighted by Gasteiger charge is 2.38. The van der Waals surface area contributed by atoms with Crippen molar-refractivity contribution >= 4 is 44.6 Å². The van der Waals surface area contributed by atoms with E-state index in [1.54, 1.807) is 10.8 Å². The van der Waals surface area contributed by atoms with Crippen molar-refractivity contribution in [1.29, 1.82) is 0 Å². The first-order valence-electron chi connectivity index (χ1n) is 8.21. The van der Waals surface area contributed by atoms with Crippen LogP contribution in [0.1, 0.15) is 41.5 Å². The van der Waals surface area contributed by atoms with E-state index in [9.17, 15) is 0 Å². The smallest absolute Gasteiger partial charge is 0.0621 e. The van der Waals surface area contributed by atoms with Gasteiger partial charge in [0.2, 0.25) is 0 Å². The van der Waals surface area contributed by atoms with Crippen LogP contribution in [-0.4, -0.2) is 33.2 Å². The van der Waals surface area contributed by atoms with Crippen LogP contribution >= 0.6 is 28.4 Å². The molecule has 0 aromatic heterocycles. The molecule has 0 bridgehead atoms. The Morgan fingerprint density at radius 1 is 0.632 bits per heavy atom. The number of hydrogen-bond acceptors (Lipinski definition) is 0. The van der Waals surface area contributed by atoms with Crippen LogP contribution in [-0.2, 0) is 0 Å². The van der Waals surface area contributed by atoms with E-state index < -0.39 is 16.1 Å². The lowest BCUT2D eigenvalue weighted by molar-refractivity contribution is 1.16. The van der Waals surface area contributed by atoms with Gasteiger partial charge in [0.15, 0.2) is 0 Å². The third-order valence-electron chi connectivity index (χ3n) is 5.71. The van der Waals surface area contributed by atoms with Crippen LogP contribution in [0.3, 0.4) is 0 Å². The van der Waals surface area contributed by atoms with E-state index in [0.29, 0.717) is 0 Å². The van der Waals surface area contributed by atoms with Crippen molar-refractivity contribution in [3.05, 3.63) is 0 Å². The lowest BCUT2D eigenvalue weighted by Crippen LogP contribution is -2.43. The molecular weight excluding hydrogens is 395 g/mol. The zero-order valence-corrected chi connectivity index (χ0v) is 19.4. The highest BCUT2D eigenvalue weighted by Crippen LogP contribution is 2.58. The number of rotatable bonds is 10. The van der Waals surface area contributed by atoms with Crippen molar-refractivity contribution in [3.63, 3.8) is 0 Å². The molecule has 0 atom stereocenters. The molecule has 0 saturated heterocycles. The third kappa shape index (κ3) is 6.03. The molecule has 0 aliphatic carbocycles. The predicted octanol–water partition coefficient (Wildman–Crippen LogP) is 6.87. The van der Waals surface area contributed by atoms with E-state index in [1.807, 2.05) is 0 Å². The van der Waals surface area contributed by atoms with Gasteiger partial charge in [0.1, 0.15) is 0 Å². The molecule has 19 heavy (non-hydrogen) atoms. The van der Waals surface area contributed by atoms with Crippen molar-refractivity contribution in [2.45, 2.75) is 77.8 Å². The van der Waals surface area contributed by atoms with Crippen LogP contribution in [0.15, 0.2) is 0 Å². The maximum absolute atomic E-state index is 2.92. The maximum Gasteiger partial charge on any atom is 0.0621 e. The first kappa shape index (κ1) is 20.5. The Morgan fingerprint density at radius 2 is 0.842 bits per heavy atom. The summed E-state index contributed by atoms with van der Waals surface area (Å²) in [5, 5.41) is 3.28. The van der Waals surface area contributed by atoms with Gasteiger partial charge in [0, 0.05) is 0 Å². The Morgan fingerprint density at radius 3 is 1.00 bits per heavy atom. The fourth-order valence-electron chi connectivity index (χ4n) is 3.44. The van der Waals surface area contributed by atoms with Crippen molar-refractivity contribution in [2.24, 2.45) is 0 Å². The molecular formula is C15H37ISSi2. The summed E-state index contributed by atoms with van der Waals surface area (Å²) < 4.78 is 0. The fraction of sp³-hybridized carbons (Fsp3) is 1.00. The van der Waals surface area contributed by atoms with Crippen LogP contribution in [0.4, 0.5) is 0 Å². The molecule has 0 fully saturated rings. The molecule has 0 nitrogen and oxygen atoms in total. The van der Waals surface area contributed by atoms with E-state index in [4.69, 9.17) is 0 Å². The summed E-state index contributed by atoms with van der Waals surface area (Å²) in [6.07, 6.45) is 2.65. The highest BCUT2D eigenvalue weighted by molar-refractivity contribution is 14.2.